The van der Waals surface area contributed by atoms with Crippen LogP contribution in [0.15, 0.2) is 0 Å². The van der Waals surface area contributed by atoms with Gasteiger partial charge in [-0.05, 0) is 0 Å². The largest absolute Gasteiger partial charge is 0.448 e. The molecule has 2 unspecified atom stereocenters. The van der Waals surface area contributed by atoms with E-state index in [4.69, 9.17) is 15.2 Å². The summed E-state index contributed by atoms with van der Waals surface area (Å²) in [4.78, 5) is 12.7. The van der Waals surface area contributed by atoms with Crippen LogP contribution in [0.25, 0.3) is 0 Å². The molecule has 2 saturated heterocycles. The molecule has 2 rings (SSSR count). The van der Waals surface area contributed by atoms with E-state index in [9.17, 15) is 4.79 Å². The van der Waals surface area contributed by atoms with E-state index in [0.717, 1.165) is 0 Å². The van der Waals surface area contributed by atoms with Crippen molar-refractivity contribution in [2.24, 2.45) is 5.73 Å². The molecule has 0 radical (unpaired) electrons. The predicted octanol–water partition coefficient (Wildman–Crippen LogP) is -0.835. The quantitative estimate of drug-likeness (QED) is 0.560. The minimum atomic E-state index is -0.263. The van der Waals surface area contributed by atoms with Gasteiger partial charge in [0.15, 0.2) is 0 Å². The topological polar surface area (TPSA) is 64.8 Å². The molecule has 12 heavy (non-hydrogen) atoms. The van der Waals surface area contributed by atoms with Gasteiger partial charge in [-0.3, -0.25) is 4.90 Å². The van der Waals surface area contributed by atoms with Gasteiger partial charge in [-0.25, -0.2) is 4.79 Å². The Balaban J connectivity index is 2.03. The zero-order chi connectivity index (χ0) is 8.55. The van der Waals surface area contributed by atoms with Gasteiger partial charge in [0.1, 0.15) is 6.61 Å². The first-order valence-electron chi connectivity index (χ1n) is 4.06. The van der Waals surface area contributed by atoms with Gasteiger partial charge in [0.05, 0.1) is 31.8 Å². The molecule has 0 bridgehead atoms. The first-order chi connectivity index (χ1) is 5.79. The van der Waals surface area contributed by atoms with Gasteiger partial charge in [0.2, 0.25) is 0 Å². The lowest BCUT2D eigenvalue weighted by Crippen LogP contribution is -2.47. The average Bonchev–Trinajstić information content (AvgIpc) is 2.59. The van der Waals surface area contributed by atoms with Crippen LogP contribution >= 0.6 is 0 Å². The number of hydrogen-bond donors (Lipinski definition) is 1. The third kappa shape index (κ3) is 1.15. The van der Waals surface area contributed by atoms with Crippen LogP contribution in [0.5, 0.6) is 0 Å². The second-order valence-corrected chi connectivity index (χ2v) is 3.08. The van der Waals surface area contributed by atoms with E-state index < -0.39 is 0 Å². The first-order valence-corrected chi connectivity index (χ1v) is 4.06. The van der Waals surface area contributed by atoms with Crippen molar-refractivity contribution in [3.8, 4) is 0 Å². The smallest absolute Gasteiger partial charge is 0.410 e. The van der Waals surface area contributed by atoms with E-state index >= 15 is 0 Å². The Kier molecular flexibility index (Phi) is 1.90. The Labute approximate surface area is 70.4 Å². The summed E-state index contributed by atoms with van der Waals surface area (Å²) in [6.45, 7) is 2.19. The number of cyclic esters (lactones) is 1. The fourth-order valence-electron chi connectivity index (χ4n) is 1.59. The van der Waals surface area contributed by atoms with Crippen LogP contribution in [0, 0.1) is 0 Å². The molecule has 0 saturated carbocycles. The van der Waals surface area contributed by atoms with Gasteiger partial charge < -0.3 is 15.2 Å². The zero-order valence-corrected chi connectivity index (χ0v) is 6.73. The first kappa shape index (κ1) is 7.82. The van der Waals surface area contributed by atoms with Crippen molar-refractivity contribution >= 4 is 6.09 Å². The number of carbonyl (C=O) groups excluding carboxylic acids is 1. The van der Waals surface area contributed by atoms with Gasteiger partial charge in [0, 0.05) is 0 Å². The van der Waals surface area contributed by atoms with Crippen molar-refractivity contribution in [2.75, 3.05) is 26.4 Å². The summed E-state index contributed by atoms with van der Waals surface area (Å²) >= 11 is 0. The van der Waals surface area contributed by atoms with Gasteiger partial charge in [-0.1, -0.05) is 0 Å². The Morgan fingerprint density at radius 3 is 2.83 bits per heavy atom. The van der Waals surface area contributed by atoms with Crippen LogP contribution in [0.2, 0.25) is 0 Å². The number of nitrogens with zero attached hydrogens (tertiary/aromatic N) is 1. The van der Waals surface area contributed by atoms with E-state index in [1.54, 1.807) is 4.90 Å². The van der Waals surface area contributed by atoms with E-state index in [2.05, 4.69) is 0 Å². The number of rotatable bonds is 1. The zero-order valence-electron chi connectivity index (χ0n) is 6.73. The maximum Gasteiger partial charge on any atom is 0.410 e. The molecular weight excluding hydrogens is 160 g/mol. The average molecular weight is 172 g/mol. The van der Waals surface area contributed by atoms with E-state index in [-0.39, 0.29) is 18.2 Å². The molecule has 2 heterocycles. The molecular formula is C7H12N2O3. The maximum atomic E-state index is 11.1. The molecule has 2 N–H and O–H groups in total. The third-order valence-corrected chi connectivity index (χ3v) is 2.29. The maximum absolute atomic E-state index is 11.1. The molecule has 0 aliphatic carbocycles. The standard InChI is InChI=1S/C7H12N2O3/c8-5-3-11-4-6(5)9-1-2-12-7(9)10/h5-6H,1-4,8H2. The number of nitrogens with two attached hydrogens (primary N) is 1. The minimum Gasteiger partial charge on any atom is -0.448 e. The lowest BCUT2D eigenvalue weighted by atomic mass is 10.1. The molecule has 0 aromatic heterocycles. The van der Waals surface area contributed by atoms with Crippen LogP contribution in [-0.2, 0) is 9.47 Å². The Hall–Kier alpha value is -0.810. The summed E-state index contributed by atoms with van der Waals surface area (Å²) in [7, 11) is 0. The number of ether oxygens (including phenoxy) is 2. The minimum absolute atomic E-state index is 0.0139. The molecule has 2 fully saturated rings. The summed E-state index contributed by atoms with van der Waals surface area (Å²) < 4.78 is 9.96. The van der Waals surface area contributed by atoms with Gasteiger partial charge in [-0.2, -0.15) is 0 Å². The summed E-state index contributed by atoms with van der Waals surface area (Å²) in [5.74, 6) is 0. The molecule has 68 valence electrons. The van der Waals surface area contributed by atoms with Crippen LogP contribution < -0.4 is 5.73 Å². The van der Waals surface area contributed by atoms with Crippen molar-refractivity contribution in [1.29, 1.82) is 0 Å². The lowest BCUT2D eigenvalue weighted by molar-refractivity contribution is 0.136. The van der Waals surface area contributed by atoms with Crippen molar-refractivity contribution in [3.63, 3.8) is 0 Å². The number of amides is 1. The van der Waals surface area contributed by atoms with Crippen molar-refractivity contribution in [2.45, 2.75) is 12.1 Å². The fraction of sp³-hybridized carbons (Fsp3) is 0.857. The van der Waals surface area contributed by atoms with Crippen LogP contribution in [0.4, 0.5) is 4.79 Å². The van der Waals surface area contributed by atoms with Crippen molar-refractivity contribution in [1.82, 2.24) is 4.90 Å². The normalized spacial score (nSPS) is 35.8. The Bertz CT molecular complexity index is 197. The second kappa shape index (κ2) is 2.91. The molecule has 2 aliphatic rings. The SMILES string of the molecule is NC1COCC1N1CCOC1=O. The highest BCUT2D eigenvalue weighted by Crippen LogP contribution is 2.15. The molecule has 5 heteroatoms. The second-order valence-electron chi connectivity index (χ2n) is 3.08. The van der Waals surface area contributed by atoms with Crippen molar-refractivity contribution in [3.05, 3.63) is 0 Å². The summed E-state index contributed by atoms with van der Waals surface area (Å²) in [6, 6.07) is -0.0457. The molecule has 2 atom stereocenters. The number of carbonyl (C=O) groups is 1. The Morgan fingerprint density at radius 2 is 2.33 bits per heavy atom. The van der Waals surface area contributed by atoms with Crippen LogP contribution in [0.1, 0.15) is 0 Å². The fourth-order valence-corrected chi connectivity index (χ4v) is 1.59. The van der Waals surface area contributed by atoms with E-state index in [0.29, 0.717) is 26.4 Å². The molecule has 1 amide bonds. The molecule has 2 aliphatic heterocycles. The predicted molar refractivity (Wildman–Crippen MR) is 40.6 cm³/mol. The van der Waals surface area contributed by atoms with E-state index in [1.165, 1.54) is 0 Å². The summed E-state index contributed by atoms with van der Waals surface area (Å²) in [5, 5.41) is 0. The van der Waals surface area contributed by atoms with Gasteiger partial charge >= 0.3 is 6.09 Å². The molecule has 0 spiro atoms. The Morgan fingerprint density at radius 1 is 1.50 bits per heavy atom. The summed E-state index contributed by atoms with van der Waals surface area (Å²) in [6.07, 6.45) is -0.263. The summed E-state index contributed by atoms with van der Waals surface area (Å²) in [5.41, 5.74) is 5.75. The lowest BCUT2D eigenvalue weighted by Gasteiger charge is -2.22. The highest BCUT2D eigenvalue weighted by molar-refractivity contribution is 5.69. The monoisotopic (exact) mass is 172 g/mol. The van der Waals surface area contributed by atoms with Crippen LogP contribution in [-0.4, -0.2) is 49.4 Å². The third-order valence-electron chi connectivity index (χ3n) is 2.29. The highest BCUT2D eigenvalue weighted by atomic mass is 16.6. The number of hydrogen-bond acceptors (Lipinski definition) is 4. The van der Waals surface area contributed by atoms with Crippen molar-refractivity contribution < 1.29 is 14.3 Å². The highest BCUT2D eigenvalue weighted by Gasteiger charge is 2.36. The van der Waals surface area contributed by atoms with Crippen LogP contribution in [0.3, 0.4) is 0 Å². The molecule has 0 aromatic carbocycles. The molecule has 5 nitrogen and oxygen atoms in total. The van der Waals surface area contributed by atoms with Gasteiger partial charge in [0.25, 0.3) is 0 Å². The van der Waals surface area contributed by atoms with E-state index in [1.807, 2.05) is 0 Å². The van der Waals surface area contributed by atoms with Gasteiger partial charge in [-0.15, -0.1) is 0 Å². The molecule has 0 aromatic rings.